The number of hydrogen-bond donors (Lipinski definition) is 0. The SMILES string of the molecule is COCC(=O)Cc1nc(C)c(C(=O)C[C@@H](C)c2ccc(OC3CCN(c4ccnc(N(C)CC(F)F)n4)C3)cc2)s1. The van der Waals surface area contributed by atoms with Crippen molar-refractivity contribution >= 4 is 34.7 Å². The predicted octanol–water partition coefficient (Wildman–Crippen LogP) is 4.74. The Morgan fingerprint density at radius 1 is 1.20 bits per heavy atom. The summed E-state index contributed by atoms with van der Waals surface area (Å²) in [5, 5.41) is 0.631. The first-order valence-electron chi connectivity index (χ1n) is 13.5. The van der Waals surface area contributed by atoms with Gasteiger partial charge >= 0.3 is 0 Å². The Kier molecular flexibility index (Phi) is 10.3. The molecule has 0 radical (unpaired) electrons. The maximum absolute atomic E-state index is 13.0. The highest BCUT2D eigenvalue weighted by Crippen LogP contribution is 2.28. The molecule has 220 valence electrons. The number of thiazole rings is 1. The second kappa shape index (κ2) is 13.9. The molecule has 0 amide bonds. The van der Waals surface area contributed by atoms with Gasteiger partial charge in [0.25, 0.3) is 6.43 Å². The van der Waals surface area contributed by atoms with Crippen molar-refractivity contribution in [3.8, 4) is 5.75 Å². The topological polar surface area (TPSA) is 97.7 Å². The zero-order valence-electron chi connectivity index (χ0n) is 23.7. The molecule has 1 aliphatic heterocycles. The Bertz CT molecular complexity index is 1340. The number of ketones is 2. The van der Waals surface area contributed by atoms with E-state index in [-0.39, 0.29) is 42.6 Å². The number of halogens is 2. The summed E-state index contributed by atoms with van der Waals surface area (Å²) in [6.07, 6.45) is 0.369. The van der Waals surface area contributed by atoms with Gasteiger partial charge in [-0.25, -0.2) is 18.7 Å². The maximum Gasteiger partial charge on any atom is 0.255 e. The van der Waals surface area contributed by atoms with Crippen molar-refractivity contribution < 1.29 is 27.8 Å². The third-order valence-corrected chi connectivity index (χ3v) is 8.04. The number of ether oxygens (including phenoxy) is 2. The molecule has 41 heavy (non-hydrogen) atoms. The van der Waals surface area contributed by atoms with Gasteiger partial charge in [0.15, 0.2) is 11.6 Å². The molecule has 0 aliphatic carbocycles. The van der Waals surface area contributed by atoms with E-state index < -0.39 is 13.0 Å². The van der Waals surface area contributed by atoms with Crippen LogP contribution < -0.4 is 14.5 Å². The van der Waals surface area contributed by atoms with E-state index in [2.05, 4.69) is 19.9 Å². The lowest BCUT2D eigenvalue weighted by Gasteiger charge is -2.21. The van der Waals surface area contributed by atoms with E-state index in [1.807, 2.05) is 31.2 Å². The minimum Gasteiger partial charge on any atom is -0.489 e. The maximum atomic E-state index is 13.0. The number of anilines is 2. The van der Waals surface area contributed by atoms with Gasteiger partial charge in [0.05, 0.1) is 30.1 Å². The summed E-state index contributed by atoms with van der Waals surface area (Å²) in [6.45, 7) is 4.76. The van der Waals surface area contributed by atoms with Gasteiger partial charge in [0.2, 0.25) is 5.95 Å². The van der Waals surface area contributed by atoms with Crippen molar-refractivity contribution in [3.63, 3.8) is 0 Å². The number of aryl methyl sites for hydroxylation is 1. The Hall–Kier alpha value is -3.51. The fourth-order valence-electron chi connectivity index (χ4n) is 4.74. The van der Waals surface area contributed by atoms with Crippen molar-refractivity contribution in [2.75, 3.05) is 50.2 Å². The van der Waals surface area contributed by atoms with E-state index in [0.717, 1.165) is 24.3 Å². The molecule has 1 unspecified atom stereocenters. The molecule has 2 atom stereocenters. The third kappa shape index (κ3) is 8.26. The first-order chi connectivity index (χ1) is 19.6. The number of rotatable bonds is 14. The zero-order chi connectivity index (χ0) is 29.5. The van der Waals surface area contributed by atoms with E-state index in [1.165, 1.54) is 23.3 Å². The lowest BCUT2D eigenvalue weighted by atomic mass is 9.95. The molecule has 1 aliphatic rings. The second-order valence-corrected chi connectivity index (χ2v) is 11.3. The average molecular weight is 588 g/mol. The molecule has 1 fully saturated rings. The lowest BCUT2D eigenvalue weighted by molar-refractivity contribution is -0.121. The summed E-state index contributed by atoms with van der Waals surface area (Å²) in [5.41, 5.74) is 1.68. The van der Waals surface area contributed by atoms with Crippen LogP contribution in [0.15, 0.2) is 36.5 Å². The van der Waals surface area contributed by atoms with Gasteiger partial charge < -0.3 is 19.3 Å². The van der Waals surface area contributed by atoms with Crippen LogP contribution in [0.25, 0.3) is 0 Å². The highest BCUT2D eigenvalue weighted by atomic mass is 32.1. The van der Waals surface area contributed by atoms with Crippen LogP contribution in [-0.2, 0) is 16.0 Å². The molecule has 3 heterocycles. The second-order valence-electron chi connectivity index (χ2n) is 10.2. The summed E-state index contributed by atoms with van der Waals surface area (Å²) in [7, 11) is 3.02. The van der Waals surface area contributed by atoms with Crippen molar-refractivity contribution in [2.24, 2.45) is 0 Å². The Morgan fingerprint density at radius 2 is 1.95 bits per heavy atom. The number of hydrogen-bond acceptors (Lipinski definition) is 10. The van der Waals surface area contributed by atoms with Crippen LogP contribution in [0.1, 0.15) is 51.6 Å². The Balaban J connectivity index is 1.30. The summed E-state index contributed by atoms with van der Waals surface area (Å²) in [6, 6.07) is 9.56. The normalized spacial score (nSPS) is 15.8. The molecule has 12 heteroatoms. The number of benzene rings is 1. The highest BCUT2D eigenvalue weighted by Gasteiger charge is 2.26. The monoisotopic (exact) mass is 587 g/mol. The molecule has 0 bridgehead atoms. The van der Waals surface area contributed by atoms with Crippen LogP contribution in [0.5, 0.6) is 5.75 Å². The molecule has 3 aromatic rings. The minimum absolute atomic E-state index is 0.00578. The van der Waals surface area contributed by atoms with Crippen LogP contribution in [0.3, 0.4) is 0 Å². The van der Waals surface area contributed by atoms with Gasteiger partial charge in [0.1, 0.15) is 29.3 Å². The number of aromatic nitrogens is 3. The molecule has 1 aromatic carbocycles. The van der Waals surface area contributed by atoms with E-state index in [1.54, 1.807) is 26.2 Å². The number of carbonyl (C=O) groups excluding carboxylic acids is 2. The van der Waals surface area contributed by atoms with Gasteiger partial charge in [-0.3, -0.25) is 9.59 Å². The number of carbonyl (C=O) groups is 2. The van der Waals surface area contributed by atoms with Crippen molar-refractivity contribution in [3.05, 3.63) is 57.7 Å². The van der Waals surface area contributed by atoms with Gasteiger partial charge in [-0.2, -0.15) is 4.98 Å². The summed E-state index contributed by atoms with van der Waals surface area (Å²) in [5.74, 6) is 1.62. The summed E-state index contributed by atoms with van der Waals surface area (Å²) in [4.78, 5) is 41.9. The summed E-state index contributed by atoms with van der Waals surface area (Å²) < 4.78 is 36.6. The molecule has 0 saturated carbocycles. The molecule has 2 aromatic heterocycles. The molecule has 9 nitrogen and oxygen atoms in total. The van der Waals surface area contributed by atoms with Crippen molar-refractivity contribution in [1.82, 2.24) is 15.0 Å². The van der Waals surface area contributed by atoms with Crippen LogP contribution >= 0.6 is 11.3 Å². The van der Waals surface area contributed by atoms with Gasteiger partial charge in [-0.1, -0.05) is 19.1 Å². The molecule has 1 saturated heterocycles. The van der Waals surface area contributed by atoms with Crippen molar-refractivity contribution in [2.45, 2.75) is 51.6 Å². The van der Waals surface area contributed by atoms with Gasteiger partial charge in [0, 0.05) is 39.7 Å². The molecule has 0 N–H and O–H groups in total. The van der Waals surface area contributed by atoms with Crippen LogP contribution in [0.4, 0.5) is 20.5 Å². The van der Waals surface area contributed by atoms with Crippen LogP contribution in [0.2, 0.25) is 0 Å². The lowest BCUT2D eigenvalue weighted by Crippen LogP contribution is -2.28. The standard InChI is InChI=1S/C29H35F2N5O4S/c1-18(13-24(38)28-19(2)33-27(41-28)14-21(37)17-39-4)20-5-7-22(8-6-20)40-23-10-12-36(15-23)26-9-11-32-29(34-26)35(3)16-25(30)31/h5-9,11,18,23,25H,10,12-17H2,1-4H3/t18-,23?/m1/s1. The van der Waals surface area contributed by atoms with E-state index in [9.17, 15) is 18.4 Å². The van der Waals surface area contributed by atoms with E-state index in [4.69, 9.17) is 9.47 Å². The van der Waals surface area contributed by atoms with Crippen molar-refractivity contribution in [1.29, 1.82) is 0 Å². The fraction of sp³-hybridized carbons (Fsp3) is 0.483. The molecular formula is C29H35F2N5O4S. The first kappa shape index (κ1) is 30.4. The third-order valence-electron chi connectivity index (χ3n) is 6.84. The quantitative estimate of drug-likeness (QED) is 0.248. The van der Waals surface area contributed by atoms with Gasteiger partial charge in [-0.15, -0.1) is 11.3 Å². The largest absolute Gasteiger partial charge is 0.489 e. The van der Waals surface area contributed by atoms with E-state index in [0.29, 0.717) is 34.4 Å². The number of alkyl halides is 2. The smallest absolute Gasteiger partial charge is 0.255 e. The number of Topliss-reactive ketones (excluding diaryl/α,β-unsaturated/α-hetero) is 2. The van der Waals surface area contributed by atoms with E-state index >= 15 is 0 Å². The van der Waals surface area contributed by atoms with Crippen LogP contribution in [-0.4, -0.2) is 79.4 Å². The Labute approximate surface area is 242 Å². The average Bonchev–Trinajstić information content (AvgIpc) is 3.55. The van der Waals surface area contributed by atoms with Crippen LogP contribution in [0, 0.1) is 6.92 Å². The fourth-order valence-corrected chi connectivity index (χ4v) is 5.79. The molecule has 4 rings (SSSR count). The first-order valence-corrected chi connectivity index (χ1v) is 14.3. The zero-order valence-corrected chi connectivity index (χ0v) is 24.5. The van der Waals surface area contributed by atoms with Gasteiger partial charge in [-0.05, 0) is 36.6 Å². The number of nitrogens with zero attached hydrogens (tertiary/aromatic N) is 5. The molecular weight excluding hydrogens is 552 g/mol. The summed E-state index contributed by atoms with van der Waals surface area (Å²) >= 11 is 1.28. The Morgan fingerprint density at radius 3 is 2.66 bits per heavy atom. The minimum atomic E-state index is -2.47. The molecule has 0 spiro atoms. The highest BCUT2D eigenvalue weighted by molar-refractivity contribution is 7.14. The predicted molar refractivity (Wildman–Crippen MR) is 154 cm³/mol. The number of methoxy groups -OCH3 is 1.